The summed E-state index contributed by atoms with van der Waals surface area (Å²) in [6, 6.07) is 8.46. The number of carboxylic acid groups (broad SMARTS) is 1. The molecule has 0 saturated carbocycles. The second-order valence-electron chi connectivity index (χ2n) is 4.19. The highest BCUT2D eigenvalue weighted by Crippen LogP contribution is 2.25. The van der Waals surface area contributed by atoms with Crippen LogP contribution in [-0.2, 0) is 0 Å². The molecule has 0 unspecified atom stereocenters. The van der Waals surface area contributed by atoms with Gasteiger partial charge in [-0.05, 0) is 36.4 Å². The van der Waals surface area contributed by atoms with Gasteiger partial charge in [0.2, 0.25) is 0 Å². The van der Waals surface area contributed by atoms with Crippen molar-refractivity contribution >= 4 is 46.5 Å². The van der Waals surface area contributed by atoms with E-state index in [-0.39, 0.29) is 26.9 Å². The average molecular weight is 325 g/mol. The first kappa shape index (κ1) is 15.2. The maximum Gasteiger partial charge on any atom is 0.335 e. The number of anilines is 2. The molecule has 0 bridgehead atoms. The van der Waals surface area contributed by atoms with E-state index in [1.54, 1.807) is 0 Å². The molecule has 2 aromatic rings. The molecule has 0 saturated heterocycles. The number of benzene rings is 2. The van der Waals surface area contributed by atoms with Crippen molar-refractivity contribution in [2.45, 2.75) is 0 Å². The average Bonchev–Trinajstić information content (AvgIpc) is 2.43. The predicted octanol–water partition coefficient (Wildman–Crippen LogP) is 3.53. The normalized spacial score (nSPS) is 10.2. The number of nitrogens with one attached hydrogen (secondary N) is 1. The number of carbonyl (C=O) groups is 2. The van der Waals surface area contributed by atoms with Crippen LogP contribution in [0, 0.1) is 0 Å². The lowest BCUT2D eigenvalue weighted by molar-refractivity contribution is 0.0696. The van der Waals surface area contributed by atoms with E-state index in [1.165, 1.54) is 36.4 Å². The molecule has 0 radical (unpaired) electrons. The van der Waals surface area contributed by atoms with Crippen molar-refractivity contribution in [1.82, 2.24) is 0 Å². The maximum absolute atomic E-state index is 12.1. The number of hydrogen-bond acceptors (Lipinski definition) is 3. The third-order valence-corrected chi connectivity index (χ3v) is 3.38. The number of rotatable bonds is 3. The van der Waals surface area contributed by atoms with Crippen molar-refractivity contribution in [2.24, 2.45) is 0 Å². The standard InChI is InChI=1S/C14H10Cl2N2O3/c15-9-3-1-8(14(20)21)6-12(9)18-13(19)7-2-4-11(17)10(16)5-7/h1-6H,17H2,(H,18,19)(H,20,21). The van der Waals surface area contributed by atoms with E-state index < -0.39 is 11.9 Å². The molecule has 5 nitrogen and oxygen atoms in total. The van der Waals surface area contributed by atoms with Crippen LogP contribution in [0.2, 0.25) is 10.0 Å². The van der Waals surface area contributed by atoms with Crippen molar-refractivity contribution < 1.29 is 14.7 Å². The molecular weight excluding hydrogens is 315 g/mol. The molecule has 0 aliphatic rings. The van der Waals surface area contributed by atoms with Crippen LogP contribution in [0.4, 0.5) is 11.4 Å². The van der Waals surface area contributed by atoms with Gasteiger partial charge in [0.25, 0.3) is 5.91 Å². The highest BCUT2D eigenvalue weighted by Gasteiger charge is 2.12. The Balaban J connectivity index is 2.28. The van der Waals surface area contributed by atoms with Gasteiger partial charge in [-0.2, -0.15) is 0 Å². The first-order chi connectivity index (χ1) is 9.88. The molecule has 1 amide bonds. The number of carboxylic acids is 1. The van der Waals surface area contributed by atoms with Gasteiger partial charge in [0.05, 0.1) is 27.0 Å². The summed E-state index contributed by atoms with van der Waals surface area (Å²) in [6.45, 7) is 0. The molecular formula is C14H10Cl2N2O3. The Morgan fingerprint density at radius 3 is 2.29 bits per heavy atom. The number of halogens is 2. The van der Waals surface area contributed by atoms with Crippen LogP contribution in [0.5, 0.6) is 0 Å². The predicted molar refractivity (Wildman–Crippen MR) is 82.2 cm³/mol. The minimum Gasteiger partial charge on any atom is -0.478 e. The van der Waals surface area contributed by atoms with Crippen molar-refractivity contribution in [1.29, 1.82) is 0 Å². The number of nitrogens with two attached hydrogens (primary N) is 1. The fourth-order valence-corrected chi connectivity index (χ4v) is 1.96. The molecule has 108 valence electrons. The van der Waals surface area contributed by atoms with Gasteiger partial charge in [0, 0.05) is 5.56 Å². The largest absolute Gasteiger partial charge is 0.478 e. The van der Waals surface area contributed by atoms with Gasteiger partial charge < -0.3 is 16.2 Å². The Hall–Kier alpha value is -2.24. The van der Waals surface area contributed by atoms with E-state index in [4.69, 9.17) is 34.0 Å². The Labute approximate surface area is 130 Å². The van der Waals surface area contributed by atoms with E-state index in [0.29, 0.717) is 5.69 Å². The van der Waals surface area contributed by atoms with Gasteiger partial charge in [-0.1, -0.05) is 23.2 Å². The number of amides is 1. The first-order valence-electron chi connectivity index (χ1n) is 5.77. The summed E-state index contributed by atoms with van der Waals surface area (Å²) in [5, 5.41) is 12.0. The van der Waals surface area contributed by atoms with E-state index in [0.717, 1.165) is 0 Å². The Morgan fingerprint density at radius 2 is 1.67 bits per heavy atom. The van der Waals surface area contributed by atoms with Crippen LogP contribution in [0.3, 0.4) is 0 Å². The van der Waals surface area contributed by atoms with Gasteiger partial charge in [-0.15, -0.1) is 0 Å². The van der Waals surface area contributed by atoms with Crippen LogP contribution in [0.15, 0.2) is 36.4 Å². The summed E-state index contributed by atoms with van der Waals surface area (Å²) >= 11 is 11.8. The summed E-state index contributed by atoms with van der Waals surface area (Å²) in [7, 11) is 0. The molecule has 0 atom stereocenters. The molecule has 0 aliphatic heterocycles. The molecule has 7 heteroatoms. The van der Waals surface area contributed by atoms with Gasteiger partial charge in [0.1, 0.15) is 0 Å². The summed E-state index contributed by atoms with van der Waals surface area (Å²) < 4.78 is 0. The fourth-order valence-electron chi connectivity index (χ4n) is 1.62. The third kappa shape index (κ3) is 3.45. The summed E-state index contributed by atoms with van der Waals surface area (Å²) in [4.78, 5) is 23.0. The lowest BCUT2D eigenvalue weighted by atomic mass is 10.1. The van der Waals surface area contributed by atoms with Crippen LogP contribution in [0.25, 0.3) is 0 Å². The zero-order valence-corrected chi connectivity index (χ0v) is 12.1. The van der Waals surface area contributed by atoms with Gasteiger partial charge >= 0.3 is 5.97 Å². The highest BCUT2D eigenvalue weighted by atomic mass is 35.5. The van der Waals surface area contributed by atoms with Crippen LogP contribution < -0.4 is 11.1 Å². The Morgan fingerprint density at radius 1 is 1.00 bits per heavy atom. The van der Waals surface area contributed by atoms with Crippen LogP contribution in [0.1, 0.15) is 20.7 Å². The van der Waals surface area contributed by atoms with Crippen molar-refractivity contribution in [3.63, 3.8) is 0 Å². The molecule has 0 aliphatic carbocycles. The van der Waals surface area contributed by atoms with E-state index in [1.807, 2.05) is 0 Å². The molecule has 0 fully saturated rings. The number of carbonyl (C=O) groups excluding carboxylic acids is 1. The minimum absolute atomic E-state index is 0.0186. The molecule has 0 spiro atoms. The van der Waals surface area contributed by atoms with E-state index in [9.17, 15) is 9.59 Å². The van der Waals surface area contributed by atoms with Crippen molar-refractivity contribution in [3.05, 3.63) is 57.6 Å². The van der Waals surface area contributed by atoms with Gasteiger partial charge in [0.15, 0.2) is 0 Å². The Kier molecular flexibility index (Phi) is 4.35. The van der Waals surface area contributed by atoms with Crippen LogP contribution in [-0.4, -0.2) is 17.0 Å². The molecule has 2 rings (SSSR count). The van der Waals surface area contributed by atoms with Crippen LogP contribution >= 0.6 is 23.2 Å². The lowest BCUT2D eigenvalue weighted by Crippen LogP contribution is -2.13. The zero-order chi connectivity index (χ0) is 15.6. The molecule has 21 heavy (non-hydrogen) atoms. The summed E-state index contributed by atoms with van der Waals surface area (Å²) in [6.07, 6.45) is 0. The highest BCUT2D eigenvalue weighted by molar-refractivity contribution is 6.34. The van der Waals surface area contributed by atoms with Crippen molar-refractivity contribution in [2.75, 3.05) is 11.1 Å². The smallest absolute Gasteiger partial charge is 0.335 e. The topological polar surface area (TPSA) is 92.4 Å². The lowest BCUT2D eigenvalue weighted by Gasteiger charge is -2.09. The minimum atomic E-state index is -1.11. The van der Waals surface area contributed by atoms with E-state index >= 15 is 0 Å². The number of nitrogen functional groups attached to an aromatic ring is 1. The zero-order valence-electron chi connectivity index (χ0n) is 10.6. The molecule has 0 heterocycles. The third-order valence-electron chi connectivity index (χ3n) is 2.72. The summed E-state index contributed by atoms with van der Waals surface area (Å²) in [5.74, 6) is -1.58. The monoisotopic (exact) mass is 324 g/mol. The van der Waals surface area contributed by atoms with E-state index in [2.05, 4.69) is 5.32 Å². The van der Waals surface area contributed by atoms with Gasteiger partial charge in [-0.3, -0.25) is 4.79 Å². The quantitative estimate of drug-likeness (QED) is 0.753. The number of hydrogen-bond donors (Lipinski definition) is 3. The maximum atomic E-state index is 12.1. The number of aromatic carboxylic acids is 1. The second kappa shape index (κ2) is 6.03. The van der Waals surface area contributed by atoms with Crippen molar-refractivity contribution in [3.8, 4) is 0 Å². The fraction of sp³-hybridized carbons (Fsp3) is 0. The molecule has 2 aromatic carbocycles. The molecule has 0 aromatic heterocycles. The first-order valence-corrected chi connectivity index (χ1v) is 6.53. The Bertz CT molecular complexity index is 732. The summed E-state index contributed by atoms with van der Waals surface area (Å²) in [5.41, 5.74) is 6.43. The van der Waals surface area contributed by atoms with Gasteiger partial charge in [-0.25, -0.2) is 4.79 Å². The molecule has 4 N–H and O–H groups in total. The second-order valence-corrected chi connectivity index (χ2v) is 5.00. The SMILES string of the molecule is Nc1ccc(C(=O)Nc2cc(C(=O)O)ccc2Cl)cc1Cl.